The minimum absolute atomic E-state index is 0.00436. The van der Waals surface area contributed by atoms with Gasteiger partial charge in [-0.15, -0.1) is 0 Å². The Balaban J connectivity index is 3.13. The average Bonchev–Trinajstić information content (AvgIpc) is 2.37. The largest absolute Gasteiger partial charge is 0.490 e. The van der Waals surface area contributed by atoms with Crippen molar-refractivity contribution in [2.75, 3.05) is 6.61 Å². The number of benzene rings is 1. The van der Waals surface area contributed by atoms with Crippen molar-refractivity contribution in [3.63, 3.8) is 0 Å². The van der Waals surface area contributed by atoms with E-state index in [1.807, 2.05) is 20.8 Å². The first-order chi connectivity index (χ1) is 8.63. The molecule has 0 bridgehead atoms. The normalized spacial score (nSPS) is 10.4. The fraction of sp³-hybridized carbons (Fsp3) is 0.500. The van der Waals surface area contributed by atoms with Crippen LogP contribution in [-0.4, -0.2) is 23.8 Å². The maximum absolute atomic E-state index is 11.2. The van der Waals surface area contributed by atoms with Gasteiger partial charge in [-0.25, -0.2) is 4.79 Å². The average molecular weight is 252 g/mol. The van der Waals surface area contributed by atoms with Gasteiger partial charge < -0.3 is 14.6 Å². The van der Waals surface area contributed by atoms with E-state index >= 15 is 0 Å². The van der Waals surface area contributed by atoms with Gasteiger partial charge in [0.1, 0.15) is 5.56 Å². The Labute approximate surface area is 108 Å². The number of rotatable bonds is 7. The van der Waals surface area contributed by atoms with E-state index in [0.29, 0.717) is 18.1 Å². The topological polar surface area (TPSA) is 55.8 Å². The molecule has 0 amide bonds. The molecule has 0 saturated heterocycles. The number of para-hydroxylation sites is 1. The first-order valence-corrected chi connectivity index (χ1v) is 6.29. The van der Waals surface area contributed by atoms with Crippen LogP contribution >= 0.6 is 0 Å². The predicted octanol–water partition coefficient (Wildman–Crippen LogP) is 3.35. The summed E-state index contributed by atoms with van der Waals surface area (Å²) in [6.45, 7) is 6.35. The van der Waals surface area contributed by atoms with E-state index in [9.17, 15) is 9.90 Å². The van der Waals surface area contributed by atoms with Crippen molar-refractivity contribution in [2.45, 2.75) is 39.7 Å². The summed E-state index contributed by atoms with van der Waals surface area (Å²) in [7, 11) is 0. The second-order valence-corrected chi connectivity index (χ2v) is 3.93. The van der Waals surface area contributed by atoms with E-state index in [1.54, 1.807) is 12.1 Å². The first kappa shape index (κ1) is 14.4. The molecule has 4 nitrogen and oxygen atoms in total. The Morgan fingerprint density at radius 1 is 1.28 bits per heavy atom. The third-order valence-corrected chi connectivity index (χ3v) is 2.70. The fourth-order valence-electron chi connectivity index (χ4n) is 1.70. The number of carboxylic acids is 1. The molecule has 0 spiro atoms. The lowest BCUT2D eigenvalue weighted by atomic mass is 10.1. The van der Waals surface area contributed by atoms with Crippen molar-refractivity contribution in [3.05, 3.63) is 23.8 Å². The molecule has 4 heteroatoms. The summed E-state index contributed by atoms with van der Waals surface area (Å²) in [5.41, 5.74) is 0.146. The lowest BCUT2D eigenvalue weighted by molar-refractivity contribution is 0.0686. The minimum atomic E-state index is -1.00. The van der Waals surface area contributed by atoms with E-state index < -0.39 is 5.97 Å². The van der Waals surface area contributed by atoms with Crippen LogP contribution in [0.3, 0.4) is 0 Å². The molecule has 0 aliphatic rings. The zero-order valence-electron chi connectivity index (χ0n) is 11.1. The van der Waals surface area contributed by atoms with Gasteiger partial charge in [0.25, 0.3) is 0 Å². The van der Waals surface area contributed by atoms with E-state index in [1.165, 1.54) is 6.07 Å². The van der Waals surface area contributed by atoms with E-state index in [4.69, 9.17) is 9.47 Å². The molecule has 1 aromatic carbocycles. The van der Waals surface area contributed by atoms with Gasteiger partial charge in [0.2, 0.25) is 0 Å². The molecule has 0 saturated carbocycles. The van der Waals surface area contributed by atoms with Crippen molar-refractivity contribution < 1.29 is 19.4 Å². The monoisotopic (exact) mass is 252 g/mol. The summed E-state index contributed by atoms with van der Waals surface area (Å²) < 4.78 is 11.2. The van der Waals surface area contributed by atoms with Crippen LogP contribution < -0.4 is 9.47 Å². The minimum Gasteiger partial charge on any atom is -0.490 e. The number of carboxylic acid groups (broad SMARTS) is 1. The van der Waals surface area contributed by atoms with Gasteiger partial charge in [-0.2, -0.15) is 0 Å². The molecule has 1 N–H and O–H groups in total. The highest BCUT2D eigenvalue weighted by Gasteiger charge is 2.19. The van der Waals surface area contributed by atoms with Crippen LogP contribution in [0.1, 0.15) is 44.0 Å². The lowest BCUT2D eigenvalue weighted by Crippen LogP contribution is -2.16. The van der Waals surface area contributed by atoms with Crippen molar-refractivity contribution >= 4 is 5.97 Å². The van der Waals surface area contributed by atoms with E-state index in [-0.39, 0.29) is 11.7 Å². The Morgan fingerprint density at radius 2 is 1.94 bits per heavy atom. The van der Waals surface area contributed by atoms with Crippen molar-refractivity contribution in [1.82, 2.24) is 0 Å². The molecule has 0 unspecified atom stereocenters. The Hall–Kier alpha value is -1.71. The molecular weight excluding hydrogens is 232 g/mol. The molecule has 0 aromatic heterocycles. The van der Waals surface area contributed by atoms with Gasteiger partial charge in [0, 0.05) is 0 Å². The van der Waals surface area contributed by atoms with Crippen LogP contribution in [0.4, 0.5) is 0 Å². The van der Waals surface area contributed by atoms with Crippen molar-refractivity contribution in [1.29, 1.82) is 0 Å². The SMILES string of the molecule is CCOc1cccc(C(=O)O)c1OC(CC)CC. The summed E-state index contributed by atoms with van der Waals surface area (Å²) >= 11 is 0. The Morgan fingerprint density at radius 3 is 2.44 bits per heavy atom. The quantitative estimate of drug-likeness (QED) is 0.808. The second kappa shape index (κ2) is 6.89. The summed E-state index contributed by atoms with van der Waals surface area (Å²) in [4.78, 5) is 11.2. The lowest BCUT2D eigenvalue weighted by Gasteiger charge is -2.19. The van der Waals surface area contributed by atoms with Crippen LogP contribution in [0.2, 0.25) is 0 Å². The molecule has 1 aromatic rings. The standard InChI is InChI=1S/C14H20O4/c1-4-10(5-2)18-13-11(14(15)16)8-7-9-12(13)17-6-3/h7-10H,4-6H2,1-3H3,(H,15,16). The Bertz CT molecular complexity index is 397. The summed E-state index contributed by atoms with van der Waals surface area (Å²) in [5.74, 6) is -0.178. The number of hydrogen-bond acceptors (Lipinski definition) is 3. The smallest absolute Gasteiger partial charge is 0.339 e. The third kappa shape index (κ3) is 3.39. The Kier molecular flexibility index (Phi) is 5.49. The van der Waals surface area contributed by atoms with Crippen LogP contribution in [-0.2, 0) is 0 Å². The molecular formula is C14H20O4. The van der Waals surface area contributed by atoms with Crippen LogP contribution in [0.25, 0.3) is 0 Å². The number of ether oxygens (including phenoxy) is 2. The van der Waals surface area contributed by atoms with Crippen molar-refractivity contribution in [2.24, 2.45) is 0 Å². The molecule has 18 heavy (non-hydrogen) atoms. The summed E-state index contributed by atoms with van der Waals surface area (Å²) in [5, 5.41) is 9.18. The zero-order chi connectivity index (χ0) is 13.5. The van der Waals surface area contributed by atoms with Crippen LogP contribution in [0.15, 0.2) is 18.2 Å². The fourth-order valence-corrected chi connectivity index (χ4v) is 1.70. The summed E-state index contributed by atoms with van der Waals surface area (Å²) in [6.07, 6.45) is 1.66. The van der Waals surface area contributed by atoms with Crippen LogP contribution in [0, 0.1) is 0 Å². The number of hydrogen-bond donors (Lipinski definition) is 1. The summed E-state index contributed by atoms with van der Waals surface area (Å²) in [6, 6.07) is 4.92. The molecule has 0 fully saturated rings. The van der Waals surface area contributed by atoms with Gasteiger partial charge in [0.05, 0.1) is 12.7 Å². The third-order valence-electron chi connectivity index (χ3n) is 2.70. The van der Waals surface area contributed by atoms with Gasteiger partial charge in [0.15, 0.2) is 11.5 Å². The van der Waals surface area contributed by atoms with Gasteiger partial charge in [-0.3, -0.25) is 0 Å². The maximum Gasteiger partial charge on any atom is 0.339 e. The van der Waals surface area contributed by atoms with Gasteiger partial charge in [-0.05, 0) is 31.9 Å². The highest BCUT2D eigenvalue weighted by atomic mass is 16.5. The predicted molar refractivity (Wildman–Crippen MR) is 69.6 cm³/mol. The first-order valence-electron chi connectivity index (χ1n) is 6.29. The highest BCUT2D eigenvalue weighted by molar-refractivity contribution is 5.92. The highest BCUT2D eigenvalue weighted by Crippen LogP contribution is 2.33. The zero-order valence-corrected chi connectivity index (χ0v) is 11.1. The molecule has 0 aliphatic heterocycles. The van der Waals surface area contributed by atoms with E-state index in [0.717, 1.165) is 12.8 Å². The molecule has 0 radical (unpaired) electrons. The second-order valence-electron chi connectivity index (χ2n) is 3.93. The molecule has 1 rings (SSSR count). The molecule has 0 atom stereocenters. The molecule has 0 heterocycles. The van der Waals surface area contributed by atoms with Gasteiger partial charge in [-0.1, -0.05) is 19.9 Å². The maximum atomic E-state index is 11.2. The molecule has 100 valence electrons. The number of aromatic carboxylic acids is 1. The van der Waals surface area contributed by atoms with Crippen molar-refractivity contribution in [3.8, 4) is 11.5 Å². The van der Waals surface area contributed by atoms with Crippen LogP contribution in [0.5, 0.6) is 11.5 Å². The van der Waals surface area contributed by atoms with Gasteiger partial charge >= 0.3 is 5.97 Å². The molecule has 0 aliphatic carbocycles. The number of carbonyl (C=O) groups is 1. The van der Waals surface area contributed by atoms with E-state index in [2.05, 4.69) is 0 Å².